The predicted molar refractivity (Wildman–Crippen MR) is 79.7 cm³/mol. The molecule has 0 radical (unpaired) electrons. The van der Waals surface area contributed by atoms with Crippen molar-refractivity contribution < 1.29 is 4.42 Å². The van der Waals surface area contributed by atoms with Crippen LogP contribution in [0.25, 0.3) is 11.0 Å². The maximum Gasteiger partial charge on any atom is 0.182 e. The van der Waals surface area contributed by atoms with Crippen molar-refractivity contribution >= 4 is 16.8 Å². The number of furan rings is 1. The smallest absolute Gasteiger partial charge is 0.182 e. The van der Waals surface area contributed by atoms with Gasteiger partial charge in [0.2, 0.25) is 0 Å². The van der Waals surface area contributed by atoms with Crippen LogP contribution in [0.5, 0.6) is 0 Å². The van der Waals surface area contributed by atoms with E-state index in [1.165, 1.54) is 6.20 Å². The van der Waals surface area contributed by atoms with Gasteiger partial charge in [0.15, 0.2) is 11.5 Å². The van der Waals surface area contributed by atoms with Gasteiger partial charge in [-0.25, -0.2) is 9.97 Å². The minimum atomic E-state index is -0.110. The summed E-state index contributed by atoms with van der Waals surface area (Å²) in [6, 6.07) is 9.84. The number of hydrogen-bond donors (Lipinski definition) is 1. The van der Waals surface area contributed by atoms with E-state index in [2.05, 4.69) is 15.3 Å². The third kappa shape index (κ3) is 2.32. The van der Waals surface area contributed by atoms with E-state index in [-0.39, 0.29) is 11.7 Å². The SMILES string of the molecule is Cc1c(C(C)Nc2nccnc2C#N)oc2ccccc12. The van der Waals surface area contributed by atoms with Crippen molar-refractivity contribution in [3.8, 4) is 6.07 Å². The van der Waals surface area contributed by atoms with Gasteiger partial charge in [-0.1, -0.05) is 18.2 Å². The fourth-order valence-electron chi connectivity index (χ4n) is 2.40. The average Bonchev–Trinajstić information content (AvgIpc) is 2.85. The molecule has 1 aromatic carbocycles. The lowest BCUT2D eigenvalue weighted by Gasteiger charge is -2.13. The van der Waals surface area contributed by atoms with Crippen LogP contribution in [0.2, 0.25) is 0 Å². The van der Waals surface area contributed by atoms with E-state index in [9.17, 15) is 0 Å². The Morgan fingerprint density at radius 1 is 1.24 bits per heavy atom. The minimum absolute atomic E-state index is 0.110. The van der Waals surface area contributed by atoms with Crippen molar-refractivity contribution in [1.29, 1.82) is 5.26 Å². The van der Waals surface area contributed by atoms with Gasteiger partial charge in [0, 0.05) is 23.3 Å². The molecule has 0 aliphatic heterocycles. The Kier molecular flexibility index (Phi) is 3.28. The van der Waals surface area contributed by atoms with E-state index in [0.717, 1.165) is 22.3 Å². The summed E-state index contributed by atoms with van der Waals surface area (Å²) < 4.78 is 5.91. The zero-order chi connectivity index (χ0) is 14.8. The van der Waals surface area contributed by atoms with Crippen molar-refractivity contribution in [3.63, 3.8) is 0 Å². The third-order valence-electron chi connectivity index (χ3n) is 3.43. The molecule has 0 amide bonds. The Hall–Kier alpha value is -2.87. The Bertz CT molecular complexity index is 832. The molecule has 1 N–H and O–H groups in total. The lowest BCUT2D eigenvalue weighted by molar-refractivity contribution is 0.521. The first kappa shape index (κ1) is 13.1. The second kappa shape index (κ2) is 5.25. The van der Waals surface area contributed by atoms with E-state index in [1.807, 2.05) is 44.2 Å². The Morgan fingerprint density at radius 3 is 2.76 bits per heavy atom. The van der Waals surface area contributed by atoms with E-state index >= 15 is 0 Å². The molecule has 0 bridgehead atoms. The van der Waals surface area contributed by atoms with Crippen LogP contribution in [0.15, 0.2) is 41.1 Å². The number of nitriles is 1. The summed E-state index contributed by atoms with van der Waals surface area (Å²) >= 11 is 0. The topological polar surface area (TPSA) is 74.7 Å². The van der Waals surface area contributed by atoms with E-state index in [0.29, 0.717) is 5.82 Å². The zero-order valence-electron chi connectivity index (χ0n) is 11.8. The number of fused-ring (bicyclic) bond motifs is 1. The molecule has 1 unspecified atom stereocenters. The summed E-state index contributed by atoms with van der Waals surface area (Å²) in [6.45, 7) is 4.00. The van der Waals surface area contributed by atoms with Crippen molar-refractivity contribution in [3.05, 3.63) is 53.7 Å². The maximum atomic E-state index is 9.05. The fraction of sp³-hybridized carbons (Fsp3) is 0.188. The first-order chi connectivity index (χ1) is 10.2. The fourth-order valence-corrected chi connectivity index (χ4v) is 2.40. The Balaban J connectivity index is 1.96. The molecule has 5 heteroatoms. The molecule has 0 fully saturated rings. The maximum absolute atomic E-state index is 9.05. The summed E-state index contributed by atoms with van der Waals surface area (Å²) in [7, 11) is 0. The van der Waals surface area contributed by atoms with Crippen LogP contribution in [0, 0.1) is 18.3 Å². The first-order valence-electron chi connectivity index (χ1n) is 6.66. The van der Waals surface area contributed by atoms with Crippen molar-refractivity contribution in [2.75, 3.05) is 5.32 Å². The summed E-state index contributed by atoms with van der Waals surface area (Å²) in [4.78, 5) is 8.15. The van der Waals surface area contributed by atoms with Crippen molar-refractivity contribution in [1.82, 2.24) is 9.97 Å². The van der Waals surface area contributed by atoms with Crippen LogP contribution in [-0.2, 0) is 0 Å². The molecule has 0 spiro atoms. The van der Waals surface area contributed by atoms with Gasteiger partial charge in [-0.2, -0.15) is 5.26 Å². The van der Waals surface area contributed by atoms with Gasteiger partial charge in [-0.05, 0) is 19.9 Å². The number of nitrogens with one attached hydrogen (secondary N) is 1. The highest BCUT2D eigenvalue weighted by Gasteiger charge is 2.18. The van der Waals surface area contributed by atoms with Crippen LogP contribution >= 0.6 is 0 Å². The average molecular weight is 278 g/mol. The number of hydrogen-bond acceptors (Lipinski definition) is 5. The molecule has 5 nitrogen and oxygen atoms in total. The van der Waals surface area contributed by atoms with E-state index < -0.39 is 0 Å². The number of para-hydroxylation sites is 1. The molecule has 3 aromatic rings. The third-order valence-corrected chi connectivity index (χ3v) is 3.43. The number of aromatic nitrogens is 2. The normalized spacial score (nSPS) is 12.0. The van der Waals surface area contributed by atoms with Crippen LogP contribution in [0.4, 0.5) is 5.82 Å². The molecule has 1 atom stereocenters. The molecule has 0 aliphatic rings. The molecule has 0 aliphatic carbocycles. The van der Waals surface area contributed by atoms with Gasteiger partial charge in [-0.15, -0.1) is 0 Å². The Morgan fingerprint density at radius 2 is 2.00 bits per heavy atom. The van der Waals surface area contributed by atoms with Gasteiger partial charge in [0.25, 0.3) is 0 Å². The van der Waals surface area contributed by atoms with Gasteiger partial charge in [-0.3, -0.25) is 0 Å². The monoisotopic (exact) mass is 278 g/mol. The molecule has 21 heavy (non-hydrogen) atoms. The molecular formula is C16H14N4O. The summed E-state index contributed by atoms with van der Waals surface area (Å²) in [5.41, 5.74) is 2.23. The lowest BCUT2D eigenvalue weighted by Crippen LogP contribution is -2.10. The summed E-state index contributed by atoms with van der Waals surface area (Å²) in [6.07, 6.45) is 3.06. The molecule has 2 aromatic heterocycles. The van der Waals surface area contributed by atoms with Gasteiger partial charge in [0.05, 0.1) is 6.04 Å². The lowest BCUT2D eigenvalue weighted by atomic mass is 10.1. The first-order valence-corrected chi connectivity index (χ1v) is 6.66. The highest BCUT2D eigenvalue weighted by Crippen LogP contribution is 2.30. The minimum Gasteiger partial charge on any atom is -0.459 e. The van der Waals surface area contributed by atoms with Crippen LogP contribution < -0.4 is 5.32 Å². The zero-order valence-corrected chi connectivity index (χ0v) is 11.8. The van der Waals surface area contributed by atoms with Crippen molar-refractivity contribution in [2.24, 2.45) is 0 Å². The summed E-state index contributed by atoms with van der Waals surface area (Å²) in [5, 5.41) is 13.3. The van der Waals surface area contributed by atoms with E-state index in [1.54, 1.807) is 6.20 Å². The highest BCUT2D eigenvalue weighted by atomic mass is 16.3. The molecule has 104 valence electrons. The number of nitrogens with zero attached hydrogens (tertiary/aromatic N) is 3. The van der Waals surface area contributed by atoms with Gasteiger partial charge in [0.1, 0.15) is 17.4 Å². The second-order valence-electron chi connectivity index (χ2n) is 4.82. The number of aryl methyl sites for hydroxylation is 1. The van der Waals surface area contributed by atoms with Crippen LogP contribution in [-0.4, -0.2) is 9.97 Å². The van der Waals surface area contributed by atoms with Crippen molar-refractivity contribution in [2.45, 2.75) is 19.9 Å². The standard InChI is InChI=1S/C16H14N4O/c1-10-12-5-3-4-6-14(12)21-15(10)11(2)20-16-13(9-17)18-7-8-19-16/h3-8,11H,1-2H3,(H,19,20). The van der Waals surface area contributed by atoms with Crippen LogP contribution in [0.1, 0.15) is 30.0 Å². The summed E-state index contributed by atoms with van der Waals surface area (Å²) in [5.74, 6) is 1.30. The van der Waals surface area contributed by atoms with Crippen LogP contribution in [0.3, 0.4) is 0 Å². The highest BCUT2D eigenvalue weighted by molar-refractivity contribution is 5.82. The number of benzene rings is 1. The number of anilines is 1. The predicted octanol–water partition coefficient (Wildman–Crippen LogP) is 3.58. The molecule has 2 heterocycles. The second-order valence-corrected chi connectivity index (χ2v) is 4.82. The van der Waals surface area contributed by atoms with E-state index in [4.69, 9.17) is 9.68 Å². The van der Waals surface area contributed by atoms with Gasteiger partial charge >= 0.3 is 0 Å². The quantitative estimate of drug-likeness (QED) is 0.792. The molecule has 0 saturated heterocycles. The molecule has 3 rings (SSSR count). The largest absolute Gasteiger partial charge is 0.459 e. The van der Waals surface area contributed by atoms with Gasteiger partial charge < -0.3 is 9.73 Å². The Labute approximate surface area is 122 Å². The number of rotatable bonds is 3. The molecular weight excluding hydrogens is 264 g/mol. The molecule has 0 saturated carbocycles.